The Hall–Kier alpha value is -3.06. The molecule has 0 amide bonds. The molecule has 4 fully saturated rings. The maximum Gasteiger partial charge on any atom is 0.339 e. The van der Waals surface area contributed by atoms with Gasteiger partial charge in [-0.2, -0.15) is 0 Å². The first-order chi connectivity index (χ1) is 26.1. The lowest BCUT2D eigenvalue weighted by molar-refractivity contribution is -0.0119. The van der Waals surface area contributed by atoms with Crippen LogP contribution in [0, 0.1) is 0 Å². The van der Waals surface area contributed by atoms with Gasteiger partial charge in [-0.25, -0.2) is 19.2 Å². The van der Waals surface area contributed by atoms with Crippen LogP contribution in [0.1, 0.15) is 204 Å². The van der Waals surface area contributed by atoms with Gasteiger partial charge >= 0.3 is 23.9 Å². The molecule has 4 aliphatic rings. The minimum Gasteiger partial charge on any atom is -0.459 e. The molecule has 0 atom stereocenters. The van der Waals surface area contributed by atoms with Crippen molar-refractivity contribution in [3.63, 3.8) is 0 Å². The van der Waals surface area contributed by atoms with Crippen molar-refractivity contribution in [2.75, 3.05) is 0 Å². The van der Waals surface area contributed by atoms with Crippen LogP contribution in [0.25, 0.3) is 0 Å². The van der Waals surface area contributed by atoms with Crippen molar-refractivity contribution in [1.29, 1.82) is 0 Å². The summed E-state index contributed by atoms with van der Waals surface area (Å²) in [5.41, 5.74) is -3.32. The molecule has 0 radical (unpaired) electrons. The van der Waals surface area contributed by atoms with Crippen LogP contribution in [0.3, 0.4) is 0 Å². The van der Waals surface area contributed by atoms with E-state index in [1.807, 2.05) is 0 Å². The molecule has 4 aliphatic heterocycles. The van der Waals surface area contributed by atoms with Gasteiger partial charge in [0.15, 0.2) is 0 Å². The van der Waals surface area contributed by atoms with Gasteiger partial charge in [-0.15, -0.1) is 0 Å². The summed E-state index contributed by atoms with van der Waals surface area (Å²) in [6, 6.07) is 2.58. The molecule has 58 heavy (non-hydrogen) atoms. The van der Waals surface area contributed by atoms with E-state index < -0.39 is 48.3 Å². The second-order valence-electron chi connectivity index (χ2n) is 23.3. The summed E-state index contributed by atoms with van der Waals surface area (Å²) in [7, 11) is 0. The largest absolute Gasteiger partial charge is 0.459 e. The molecule has 4 saturated heterocycles. The molecule has 1 aromatic rings. The highest BCUT2D eigenvalue weighted by Gasteiger charge is 2.45. The standard InChI is InChI=1S/C46H74N4O8/c1-39(2)19-27(20-40(3,4)47-39)55-35(51)31-17-33(37(53)57-29-23-43(9,10)49-44(11,12)24-29)34(38(54)58-30-25-45(13,14)50-46(15,16)26-30)18-32(31)36(52)56-28-21-41(5,6)48-42(7,8)22-28/h17-18,27-30,47-50H,19-26H2,1-16H3. The van der Waals surface area contributed by atoms with Gasteiger partial charge in [0, 0.05) is 95.7 Å². The first-order valence-electron chi connectivity index (χ1n) is 21.3. The molecule has 1 aromatic carbocycles. The lowest BCUT2D eigenvalue weighted by atomic mass is 9.81. The van der Waals surface area contributed by atoms with E-state index in [0.29, 0.717) is 51.4 Å². The number of hydrogen-bond donors (Lipinski definition) is 4. The zero-order chi connectivity index (χ0) is 43.7. The molecule has 0 unspecified atom stereocenters. The fourth-order valence-corrected chi connectivity index (χ4v) is 11.4. The molecule has 0 aliphatic carbocycles. The van der Waals surface area contributed by atoms with Gasteiger partial charge in [0.25, 0.3) is 0 Å². The fourth-order valence-electron chi connectivity index (χ4n) is 11.4. The van der Waals surface area contributed by atoms with Crippen LogP contribution < -0.4 is 21.3 Å². The van der Waals surface area contributed by atoms with Gasteiger partial charge in [-0.05, 0) is 123 Å². The van der Waals surface area contributed by atoms with E-state index in [2.05, 4.69) is 132 Å². The highest BCUT2D eigenvalue weighted by atomic mass is 16.6. The average molecular weight is 811 g/mol. The minimum absolute atomic E-state index is 0.162. The Labute approximate surface area is 347 Å². The fraction of sp³-hybridized carbons (Fsp3) is 0.783. The number of rotatable bonds is 8. The van der Waals surface area contributed by atoms with Crippen molar-refractivity contribution < 1.29 is 38.1 Å². The van der Waals surface area contributed by atoms with Crippen molar-refractivity contribution in [3.05, 3.63) is 34.4 Å². The molecule has 0 bridgehead atoms. The number of hydrogen-bond acceptors (Lipinski definition) is 12. The Kier molecular flexibility index (Phi) is 12.3. The normalized spacial score (nSPS) is 26.2. The number of carbonyl (C=O) groups excluding carboxylic acids is 4. The highest BCUT2D eigenvalue weighted by molar-refractivity contribution is 6.10. The number of ether oxygens (including phenoxy) is 4. The number of esters is 4. The second kappa shape index (κ2) is 15.4. The number of benzene rings is 1. The summed E-state index contributed by atoms with van der Waals surface area (Å²) in [4.78, 5) is 58.0. The van der Waals surface area contributed by atoms with Gasteiger partial charge in [-0.3, -0.25) is 0 Å². The summed E-state index contributed by atoms with van der Waals surface area (Å²) < 4.78 is 24.9. The van der Waals surface area contributed by atoms with Gasteiger partial charge in [-0.1, -0.05) is 0 Å². The summed E-state index contributed by atoms with van der Waals surface area (Å²) >= 11 is 0. The third-order valence-electron chi connectivity index (χ3n) is 11.7. The summed E-state index contributed by atoms with van der Waals surface area (Å²) in [6.45, 7) is 32.9. The highest BCUT2D eigenvalue weighted by Crippen LogP contribution is 2.36. The molecule has 12 heteroatoms. The lowest BCUT2D eigenvalue weighted by Crippen LogP contribution is -2.60. The van der Waals surface area contributed by atoms with Crippen molar-refractivity contribution in [1.82, 2.24) is 21.3 Å². The van der Waals surface area contributed by atoms with Crippen molar-refractivity contribution in [2.45, 2.75) is 231 Å². The maximum absolute atomic E-state index is 14.5. The van der Waals surface area contributed by atoms with Gasteiger partial charge < -0.3 is 40.2 Å². The Balaban J connectivity index is 1.60. The van der Waals surface area contributed by atoms with Crippen LogP contribution in [0.4, 0.5) is 0 Å². The predicted molar refractivity (Wildman–Crippen MR) is 225 cm³/mol. The van der Waals surface area contributed by atoms with E-state index >= 15 is 0 Å². The Morgan fingerprint density at radius 3 is 0.621 bits per heavy atom. The summed E-state index contributed by atoms with van der Waals surface area (Å²) in [5, 5.41) is 14.4. The molecular weight excluding hydrogens is 737 g/mol. The Morgan fingerprint density at radius 1 is 0.345 bits per heavy atom. The maximum atomic E-state index is 14.5. The topological polar surface area (TPSA) is 153 Å². The smallest absolute Gasteiger partial charge is 0.339 e. The number of carbonyl (C=O) groups is 4. The van der Waals surface area contributed by atoms with E-state index in [1.54, 1.807) is 0 Å². The van der Waals surface area contributed by atoms with E-state index in [0.717, 1.165) is 0 Å². The third kappa shape index (κ3) is 12.0. The molecule has 5 rings (SSSR count). The zero-order valence-electron chi connectivity index (χ0n) is 38.4. The molecule has 0 spiro atoms. The van der Waals surface area contributed by atoms with Crippen molar-refractivity contribution in [2.24, 2.45) is 0 Å². The summed E-state index contributed by atoms with van der Waals surface area (Å²) in [5.74, 6) is -3.12. The summed E-state index contributed by atoms with van der Waals surface area (Å²) in [6.07, 6.45) is 2.31. The average Bonchev–Trinajstić information content (AvgIpc) is 2.93. The lowest BCUT2D eigenvalue weighted by Gasteiger charge is -2.46. The second-order valence-corrected chi connectivity index (χ2v) is 23.3. The number of piperidine rings is 4. The molecule has 12 nitrogen and oxygen atoms in total. The van der Waals surface area contributed by atoms with Crippen molar-refractivity contribution >= 4 is 23.9 Å². The van der Waals surface area contributed by atoms with Gasteiger partial charge in [0.2, 0.25) is 0 Å². The van der Waals surface area contributed by atoms with E-state index in [-0.39, 0.29) is 66.6 Å². The minimum atomic E-state index is -0.781. The third-order valence-corrected chi connectivity index (χ3v) is 11.7. The quantitative estimate of drug-likeness (QED) is 0.152. The van der Waals surface area contributed by atoms with Crippen LogP contribution in [0.15, 0.2) is 12.1 Å². The van der Waals surface area contributed by atoms with Crippen LogP contribution in [-0.2, 0) is 18.9 Å². The molecule has 4 heterocycles. The van der Waals surface area contributed by atoms with E-state index in [9.17, 15) is 19.2 Å². The van der Waals surface area contributed by atoms with Gasteiger partial charge in [0.05, 0.1) is 22.3 Å². The van der Waals surface area contributed by atoms with Gasteiger partial charge in [0.1, 0.15) is 24.4 Å². The monoisotopic (exact) mass is 811 g/mol. The number of nitrogens with one attached hydrogen (secondary N) is 4. The first-order valence-corrected chi connectivity index (χ1v) is 21.3. The molecular formula is C46H74N4O8. The SMILES string of the molecule is CC1(C)CC(OC(=O)c2cc(C(=O)OC3CC(C)(C)NC(C)(C)C3)c(C(=O)OC3CC(C)(C)NC(C)(C)C3)cc2C(=O)OC2CC(C)(C)NC(C)(C)C2)CC(C)(C)N1. The van der Waals surface area contributed by atoms with Crippen molar-refractivity contribution in [3.8, 4) is 0 Å². The van der Waals surface area contributed by atoms with Crippen LogP contribution in [0.2, 0.25) is 0 Å². The molecule has 326 valence electrons. The molecule has 0 aromatic heterocycles. The molecule has 0 saturated carbocycles. The van der Waals surface area contributed by atoms with Crippen LogP contribution in [-0.4, -0.2) is 92.6 Å². The van der Waals surface area contributed by atoms with Crippen LogP contribution in [0.5, 0.6) is 0 Å². The first kappa shape index (κ1) is 46.0. The molecule has 4 N–H and O–H groups in total. The predicted octanol–water partition coefficient (Wildman–Crippen LogP) is 7.55. The zero-order valence-corrected chi connectivity index (χ0v) is 38.4. The van der Waals surface area contributed by atoms with E-state index in [1.165, 1.54) is 12.1 Å². The van der Waals surface area contributed by atoms with Crippen LogP contribution >= 0.6 is 0 Å². The van der Waals surface area contributed by atoms with E-state index in [4.69, 9.17) is 18.9 Å². The Morgan fingerprint density at radius 2 is 0.483 bits per heavy atom. The Bertz CT molecular complexity index is 1460.